The zero-order chi connectivity index (χ0) is 15.0. The summed E-state index contributed by atoms with van der Waals surface area (Å²) in [7, 11) is -3.20. The van der Waals surface area contributed by atoms with Gasteiger partial charge in [0.15, 0.2) is 5.96 Å². The zero-order valence-corrected chi connectivity index (χ0v) is 13.5. The van der Waals surface area contributed by atoms with Gasteiger partial charge in [0.2, 0.25) is 10.0 Å². The molecule has 0 saturated carbocycles. The molecule has 0 bridgehead atoms. The van der Waals surface area contributed by atoms with Crippen LogP contribution >= 0.6 is 0 Å². The summed E-state index contributed by atoms with van der Waals surface area (Å²) in [5.41, 5.74) is 5.96. The quantitative estimate of drug-likeness (QED) is 0.583. The minimum Gasteiger partial charge on any atom is -0.370 e. The molecule has 7 heteroatoms. The van der Waals surface area contributed by atoms with E-state index in [1.807, 2.05) is 13.8 Å². The van der Waals surface area contributed by atoms with Crippen LogP contribution in [0.5, 0.6) is 0 Å². The van der Waals surface area contributed by atoms with Crippen LogP contribution < -0.4 is 5.73 Å². The van der Waals surface area contributed by atoms with Gasteiger partial charge >= 0.3 is 0 Å². The standard InChI is InChI=1S/C13H28N4O2S/c1-3-17(4-2)20(18,19)12-9-15-13(14)16-10-7-5-6-8-11-16/h3-12H2,1-2H3,(H2,14,15). The third kappa shape index (κ3) is 5.28. The van der Waals surface area contributed by atoms with E-state index < -0.39 is 10.0 Å². The zero-order valence-electron chi connectivity index (χ0n) is 12.7. The highest BCUT2D eigenvalue weighted by Crippen LogP contribution is 2.09. The first-order valence-corrected chi connectivity index (χ1v) is 9.14. The second-order valence-electron chi connectivity index (χ2n) is 5.04. The third-order valence-corrected chi connectivity index (χ3v) is 5.65. The fraction of sp³-hybridized carbons (Fsp3) is 0.923. The average molecular weight is 304 g/mol. The maximum Gasteiger partial charge on any atom is 0.215 e. The number of hydrogen-bond donors (Lipinski definition) is 1. The predicted molar refractivity (Wildman–Crippen MR) is 83.2 cm³/mol. The fourth-order valence-electron chi connectivity index (χ4n) is 2.42. The molecule has 1 rings (SSSR count). The van der Waals surface area contributed by atoms with E-state index in [1.165, 1.54) is 17.1 Å². The predicted octanol–water partition coefficient (Wildman–Crippen LogP) is 0.849. The molecule has 2 N–H and O–H groups in total. The summed E-state index contributed by atoms with van der Waals surface area (Å²) in [4.78, 5) is 6.31. The molecule has 0 amide bonds. The lowest BCUT2D eigenvalue weighted by Crippen LogP contribution is -2.39. The molecule has 1 saturated heterocycles. The van der Waals surface area contributed by atoms with Gasteiger partial charge in [-0.1, -0.05) is 26.7 Å². The number of likely N-dealkylation sites (tertiary alicyclic amines) is 1. The topological polar surface area (TPSA) is 79.0 Å². The van der Waals surface area contributed by atoms with E-state index in [9.17, 15) is 8.42 Å². The Labute approximate surface area is 123 Å². The Morgan fingerprint density at radius 3 is 2.20 bits per heavy atom. The van der Waals surface area contributed by atoms with E-state index in [-0.39, 0.29) is 12.3 Å². The molecule has 1 aliphatic rings. The van der Waals surface area contributed by atoms with Gasteiger partial charge in [-0.15, -0.1) is 0 Å². The lowest BCUT2D eigenvalue weighted by Gasteiger charge is -2.21. The van der Waals surface area contributed by atoms with Crippen LogP contribution in [-0.4, -0.2) is 62.1 Å². The highest BCUT2D eigenvalue weighted by atomic mass is 32.2. The first-order valence-electron chi connectivity index (χ1n) is 7.54. The van der Waals surface area contributed by atoms with E-state index in [0.717, 1.165) is 25.9 Å². The Hall–Kier alpha value is -0.820. The van der Waals surface area contributed by atoms with Gasteiger partial charge in [-0.3, -0.25) is 4.99 Å². The summed E-state index contributed by atoms with van der Waals surface area (Å²) in [6.45, 7) is 6.79. The molecule has 1 aliphatic heterocycles. The van der Waals surface area contributed by atoms with Crippen LogP contribution in [0.25, 0.3) is 0 Å². The van der Waals surface area contributed by atoms with Crippen LogP contribution in [-0.2, 0) is 10.0 Å². The highest BCUT2D eigenvalue weighted by molar-refractivity contribution is 7.89. The maximum absolute atomic E-state index is 12.0. The fourth-order valence-corrected chi connectivity index (χ4v) is 3.79. The molecule has 0 aromatic rings. The molecule has 118 valence electrons. The molecule has 1 heterocycles. The molecular weight excluding hydrogens is 276 g/mol. The number of nitrogens with zero attached hydrogens (tertiary/aromatic N) is 3. The molecule has 0 spiro atoms. The van der Waals surface area contributed by atoms with Crippen molar-refractivity contribution in [1.82, 2.24) is 9.21 Å². The van der Waals surface area contributed by atoms with Crippen LogP contribution in [0, 0.1) is 0 Å². The SMILES string of the molecule is CCN(CC)S(=O)(=O)CCN=C(N)N1CCCCCC1. The van der Waals surface area contributed by atoms with Gasteiger partial charge in [0.1, 0.15) is 0 Å². The van der Waals surface area contributed by atoms with Gasteiger partial charge < -0.3 is 10.6 Å². The van der Waals surface area contributed by atoms with E-state index >= 15 is 0 Å². The Balaban J connectivity index is 2.50. The highest BCUT2D eigenvalue weighted by Gasteiger charge is 2.18. The summed E-state index contributed by atoms with van der Waals surface area (Å²) in [5.74, 6) is 0.519. The average Bonchev–Trinajstić information content (AvgIpc) is 2.68. The number of sulfonamides is 1. The van der Waals surface area contributed by atoms with E-state index in [4.69, 9.17) is 5.73 Å². The van der Waals surface area contributed by atoms with Crippen molar-refractivity contribution in [2.75, 3.05) is 38.5 Å². The minimum absolute atomic E-state index is 0.0310. The molecule has 1 fully saturated rings. The first-order chi connectivity index (χ1) is 9.51. The molecule has 0 unspecified atom stereocenters. The number of rotatable bonds is 6. The molecule has 0 aliphatic carbocycles. The minimum atomic E-state index is -3.20. The van der Waals surface area contributed by atoms with E-state index in [1.54, 1.807) is 0 Å². The smallest absolute Gasteiger partial charge is 0.215 e. The number of hydrogen-bond acceptors (Lipinski definition) is 3. The monoisotopic (exact) mass is 304 g/mol. The lowest BCUT2D eigenvalue weighted by molar-refractivity contribution is 0.428. The summed E-state index contributed by atoms with van der Waals surface area (Å²) in [5, 5.41) is 0. The summed E-state index contributed by atoms with van der Waals surface area (Å²) in [6.07, 6.45) is 4.74. The van der Waals surface area contributed by atoms with Gasteiger partial charge in [-0.05, 0) is 12.8 Å². The van der Waals surface area contributed by atoms with Gasteiger partial charge in [-0.2, -0.15) is 0 Å². The van der Waals surface area contributed by atoms with Gasteiger partial charge in [0.05, 0.1) is 12.3 Å². The summed E-state index contributed by atoms with van der Waals surface area (Å²) < 4.78 is 25.5. The molecule has 0 atom stereocenters. The summed E-state index contributed by atoms with van der Waals surface area (Å²) in [6, 6.07) is 0. The number of guanidine groups is 1. The maximum atomic E-state index is 12.0. The molecule has 6 nitrogen and oxygen atoms in total. The Bertz CT molecular complexity index is 397. The molecule has 0 aromatic carbocycles. The van der Waals surface area contributed by atoms with Crippen LogP contribution in [0.3, 0.4) is 0 Å². The van der Waals surface area contributed by atoms with Crippen molar-refractivity contribution in [2.45, 2.75) is 39.5 Å². The van der Waals surface area contributed by atoms with Gasteiger partial charge in [0, 0.05) is 26.2 Å². The van der Waals surface area contributed by atoms with Crippen molar-refractivity contribution < 1.29 is 8.42 Å². The van der Waals surface area contributed by atoms with Crippen LogP contribution in [0.4, 0.5) is 0 Å². The second kappa shape index (κ2) is 8.46. The molecular formula is C13H28N4O2S. The first kappa shape index (κ1) is 17.2. The normalized spacial score (nSPS) is 18.4. The Morgan fingerprint density at radius 1 is 1.15 bits per heavy atom. The summed E-state index contributed by atoms with van der Waals surface area (Å²) >= 11 is 0. The molecule has 0 radical (unpaired) electrons. The van der Waals surface area contributed by atoms with E-state index in [2.05, 4.69) is 9.89 Å². The number of aliphatic imine (C=N–C) groups is 1. The third-order valence-electron chi connectivity index (χ3n) is 3.65. The van der Waals surface area contributed by atoms with Crippen molar-refractivity contribution in [3.63, 3.8) is 0 Å². The van der Waals surface area contributed by atoms with Crippen molar-refractivity contribution in [2.24, 2.45) is 10.7 Å². The second-order valence-corrected chi connectivity index (χ2v) is 7.13. The van der Waals surface area contributed by atoms with Crippen molar-refractivity contribution >= 4 is 16.0 Å². The van der Waals surface area contributed by atoms with Gasteiger partial charge in [-0.25, -0.2) is 12.7 Å². The van der Waals surface area contributed by atoms with E-state index in [0.29, 0.717) is 19.0 Å². The van der Waals surface area contributed by atoms with Crippen LogP contribution in [0.2, 0.25) is 0 Å². The van der Waals surface area contributed by atoms with Gasteiger partial charge in [0.25, 0.3) is 0 Å². The molecule has 0 aromatic heterocycles. The lowest BCUT2D eigenvalue weighted by atomic mass is 10.2. The molecule has 20 heavy (non-hydrogen) atoms. The number of nitrogens with two attached hydrogens (primary N) is 1. The Kier molecular flexibility index (Phi) is 7.29. The van der Waals surface area contributed by atoms with Crippen molar-refractivity contribution in [3.05, 3.63) is 0 Å². The van der Waals surface area contributed by atoms with Crippen LogP contribution in [0.1, 0.15) is 39.5 Å². The Morgan fingerprint density at radius 2 is 1.70 bits per heavy atom. The largest absolute Gasteiger partial charge is 0.370 e. The van der Waals surface area contributed by atoms with Crippen molar-refractivity contribution in [3.8, 4) is 0 Å². The van der Waals surface area contributed by atoms with Crippen molar-refractivity contribution in [1.29, 1.82) is 0 Å². The van der Waals surface area contributed by atoms with Crippen LogP contribution in [0.15, 0.2) is 4.99 Å².